The third-order valence-electron chi connectivity index (χ3n) is 6.41. The van der Waals surface area contributed by atoms with Gasteiger partial charge in [0.15, 0.2) is 0 Å². The zero-order valence-corrected chi connectivity index (χ0v) is 24.6. The normalized spacial score (nSPS) is 12.0. The third kappa shape index (κ3) is 7.53. The maximum atomic E-state index is 14.0. The van der Waals surface area contributed by atoms with Crippen LogP contribution in [-0.2, 0) is 26.2 Å². The second-order valence-electron chi connectivity index (χ2n) is 9.17. The smallest absolute Gasteiger partial charge is 0.264 e. The van der Waals surface area contributed by atoms with E-state index in [4.69, 9.17) is 23.2 Å². The van der Waals surface area contributed by atoms with Gasteiger partial charge in [0.1, 0.15) is 12.6 Å². The first-order valence-electron chi connectivity index (χ1n) is 12.7. The van der Waals surface area contributed by atoms with E-state index >= 15 is 0 Å². The van der Waals surface area contributed by atoms with E-state index in [-0.39, 0.29) is 33.1 Å². The number of rotatable bonds is 12. The lowest BCUT2D eigenvalue weighted by Gasteiger charge is -2.32. The van der Waals surface area contributed by atoms with E-state index in [0.717, 1.165) is 28.3 Å². The lowest BCUT2D eigenvalue weighted by molar-refractivity contribution is -0.139. The van der Waals surface area contributed by atoms with Crippen LogP contribution in [0.4, 0.5) is 5.69 Å². The average molecular weight is 591 g/mol. The first-order valence-corrected chi connectivity index (χ1v) is 14.9. The van der Waals surface area contributed by atoms with Crippen molar-refractivity contribution in [3.8, 4) is 0 Å². The molecule has 0 aliphatic carbocycles. The highest BCUT2D eigenvalue weighted by Crippen LogP contribution is 2.35. The number of halogens is 2. The summed E-state index contributed by atoms with van der Waals surface area (Å²) in [4.78, 5) is 28.4. The Hall–Kier alpha value is -3.07. The Kier molecular flexibility index (Phi) is 10.8. The van der Waals surface area contributed by atoms with Gasteiger partial charge in [-0.15, -0.1) is 0 Å². The molecule has 0 saturated carbocycles. The Morgan fingerprint density at radius 1 is 0.949 bits per heavy atom. The number of carbonyl (C=O) groups excluding carboxylic acids is 2. The highest BCUT2D eigenvalue weighted by atomic mass is 35.5. The van der Waals surface area contributed by atoms with Gasteiger partial charge in [0.25, 0.3) is 10.0 Å². The third-order valence-corrected chi connectivity index (χ3v) is 8.99. The molecule has 0 aliphatic heterocycles. The van der Waals surface area contributed by atoms with Crippen LogP contribution in [0.5, 0.6) is 0 Å². The number of nitrogens with zero attached hydrogens (tertiary/aromatic N) is 2. The Labute approximate surface area is 240 Å². The summed E-state index contributed by atoms with van der Waals surface area (Å²) in [5.74, 6) is -0.879. The van der Waals surface area contributed by atoms with Gasteiger partial charge in [0.05, 0.1) is 20.6 Å². The summed E-state index contributed by atoms with van der Waals surface area (Å²) in [5, 5.41) is 3.02. The molecule has 0 fully saturated rings. The second kappa shape index (κ2) is 13.8. The molecule has 2 amide bonds. The first kappa shape index (κ1) is 30.5. The largest absolute Gasteiger partial charge is 0.354 e. The molecule has 7 nitrogen and oxygen atoms in total. The Morgan fingerprint density at radius 2 is 1.62 bits per heavy atom. The van der Waals surface area contributed by atoms with Gasteiger partial charge < -0.3 is 10.2 Å². The molecular weight excluding hydrogens is 557 g/mol. The van der Waals surface area contributed by atoms with E-state index in [1.54, 1.807) is 31.2 Å². The molecule has 0 aliphatic rings. The first-order chi connectivity index (χ1) is 18.6. The summed E-state index contributed by atoms with van der Waals surface area (Å²) < 4.78 is 28.6. The molecule has 3 aromatic carbocycles. The molecule has 0 bridgehead atoms. The number of unbranched alkanes of at least 4 members (excludes halogenated alkanes) is 1. The van der Waals surface area contributed by atoms with Crippen molar-refractivity contribution in [2.75, 3.05) is 17.4 Å². The van der Waals surface area contributed by atoms with E-state index in [1.807, 2.05) is 38.1 Å². The van der Waals surface area contributed by atoms with Crippen LogP contribution in [0.25, 0.3) is 0 Å². The summed E-state index contributed by atoms with van der Waals surface area (Å²) in [7, 11) is -4.22. The SMILES string of the molecule is CCCCNC(=O)C(C)N(Cc1ccccc1C)C(=O)CN(c1cccc(Cl)c1Cl)S(=O)(=O)c1ccccc1. The highest BCUT2D eigenvalue weighted by Gasteiger charge is 2.33. The molecule has 1 unspecified atom stereocenters. The van der Waals surface area contributed by atoms with Crippen LogP contribution >= 0.6 is 23.2 Å². The molecule has 0 radical (unpaired) electrons. The van der Waals surface area contributed by atoms with Crippen molar-refractivity contribution in [1.29, 1.82) is 0 Å². The van der Waals surface area contributed by atoms with Crippen molar-refractivity contribution in [3.63, 3.8) is 0 Å². The van der Waals surface area contributed by atoms with E-state index in [9.17, 15) is 18.0 Å². The molecule has 3 rings (SSSR count). The molecule has 1 atom stereocenters. The maximum Gasteiger partial charge on any atom is 0.264 e. The van der Waals surface area contributed by atoms with Gasteiger partial charge in [-0.1, -0.05) is 85.1 Å². The maximum absolute atomic E-state index is 14.0. The molecule has 1 N–H and O–H groups in total. The molecule has 208 valence electrons. The number of hydrogen-bond acceptors (Lipinski definition) is 4. The predicted molar refractivity (Wildman–Crippen MR) is 157 cm³/mol. The van der Waals surface area contributed by atoms with Crippen LogP contribution in [0, 0.1) is 6.92 Å². The van der Waals surface area contributed by atoms with Gasteiger partial charge in [0.2, 0.25) is 11.8 Å². The van der Waals surface area contributed by atoms with Crippen molar-refractivity contribution < 1.29 is 18.0 Å². The summed E-state index contributed by atoms with van der Waals surface area (Å²) in [5.41, 5.74) is 1.86. The second-order valence-corrected chi connectivity index (χ2v) is 11.8. The van der Waals surface area contributed by atoms with Crippen LogP contribution in [0.2, 0.25) is 10.0 Å². The average Bonchev–Trinajstić information content (AvgIpc) is 2.93. The van der Waals surface area contributed by atoms with Gasteiger partial charge in [-0.2, -0.15) is 0 Å². The minimum absolute atomic E-state index is 0.00211. The van der Waals surface area contributed by atoms with E-state index in [2.05, 4.69) is 5.32 Å². The van der Waals surface area contributed by atoms with E-state index < -0.39 is 28.5 Å². The molecule has 3 aromatic rings. The Balaban J connectivity index is 2.04. The monoisotopic (exact) mass is 589 g/mol. The minimum atomic E-state index is -4.22. The quantitative estimate of drug-likeness (QED) is 0.269. The lowest BCUT2D eigenvalue weighted by atomic mass is 10.1. The number of aryl methyl sites for hydroxylation is 1. The molecule has 0 aromatic heterocycles. The van der Waals surface area contributed by atoms with Crippen LogP contribution in [0.1, 0.15) is 37.8 Å². The van der Waals surface area contributed by atoms with Crippen molar-refractivity contribution in [3.05, 3.63) is 94.0 Å². The minimum Gasteiger partial charge on any atom is -0.354 e. The highest BCUT2D eigenvalue weighted by molar-refractivity contribution is 7.92. The van der Waals surface area contributed by atoms with E-state index in [1.165, 1.54) is 29.2 Å². The van der Waals surface area contributed by atoms with Crippen LogP contribution in [-0.4, -0.2) is 44.3 Å². The summed E-state index contributed by atoms with van der Waals surface area (Å²) in [6.07, 6.45) is 1.72. The zero-order valence-electron chi connectivity index (χ0n) is 22.2. The molecule has 39 heavy (non-hydrogen) atoms. The van der Waals surface area contributed by atoms with Crippen molar-refractivity contribution in [2.45, 2.75) is 51.1 Å². The van der Waals surface area contributed by atoms with Crippen molar-refractivity contribution in [1.82, 2.24) is 10.2 Å². The molecule has 10 heteroatoms. The predicted octanol–water partition coefficient (Wildman–Crippen LogP) is 5.83. The van der Waals surface area contributed by atoms with Gasteiger partial charge >= 0.3 is 0 Å². The molecule has 0 saturated heterocycles. The molecular formula is C29H33Cl2N3O4S. The number of sulfonamides is 1. The van der Waals surface area contributed by atoms with Crippen molar-refractivity contribution >= 4 is 50.7 Å². The zero-order chi connectivity index (χ0) is 28.6. The van der Waals surface area contributed by atoms with Crippen LogP contribution in [0.15, 0.2) is 77.7 Å². The van der Waals surface area contributed by atoms with Gasteiger partial charge in [-0.25, -0.2) is 8.42 Å². The van der Waals surface area contributed by atoms with Gasteiger partial charge in [0, 0.05) is 13.1 Å². The van der Waals surface area contributed by atoms with Crippen molar-refractivity contribution in [2.24, 2.45) is 0 Å². The number of benzene rings is 3. The number of nitrogens with one attached hydrogen (secondary N) is 1. The number of hydrogen-bond donors (Lipinski definition) is 1. The number of anilines is 1. The number of amides is 2. The lowest BCUT2D eigenvalue weighted by Crippen LogP contribution is -2.51. The summed E-state index contributed by atoms with van der Waals surface area (Å²) in [6.45, 7) is 5.60. The molecule has 0 spiro atoms. The summed E-state index contributed by atoms with van der Waals surface area (Å²) >= 11 is 12.7. The fourth-order valence-corrected chi connectivity index (χ4v) is 5.90. The Morgan fingerprint density at radius 3 is 2.28 bits per heavy atom. The fourth-order valence-electron chi connectivity index (χ4n) is 4.01. The Bertz CT molecular complexity index is 1400. The van der Waals surface area contributed by atoms with E-state index in [0.29, 0.717) is 6.54 Å². The molecule has 0 heterocycles. The standard InChI is InChI=1S/C29H33Cl2N3O4S/c1-4-5-18-32-29(36)22(3)33(19-23-13-10-9-12-21(23)2)27(35)20-34(26-17-11-16-25(30)28(26)31)39(37,38)24-14-7-6-8-15-24/h6-17,22H,4-5,18-20H2,1-3H3,(H,32,36). The van der Waals surface area contributed by atoms with Crippen LogP contribution < -0.4 is 9.62 Å². The summed E-state index contributed by atoms with van der Waals surface area (Å²) in [6, 6.07) is 19.1. The fraction of sp³-hybridized carbons (Fsp3) is 0.310. The topological polar surface area (TPSA) is 86.8 Å². The number of carbonyl (C=O) groups is 2. The van der Waals surface area contributed by atoms with Gasteiger partial charge in [-0.05, 0) is 55.7 Å². The van der Waals surface area contributed by atoms with Crippen LogP contribution in [0.3, 0.4) is 0 Å². The van der Waals surface area contributed by atoms with Gasteiger partial charge in [-0.3, -0.25) is 13.9 Å².